The fraction of sp³-hybridized carbons (Fsp3) is 0.500. The molecule has 2 N–H and O–H groups in total. The van der Waals surface area contributed by atoms with Crippen LogP contribution in [0.3, 0.4) is 0 Å². The van der Waals surface area contributed by atoms with E-state index in [2.05, 4.69) is 0 Å². The molecule has 0 spiro atoms. The molecule has 0 saturated carbocycles. The summed E-state index contributed by atoms with van der Waals surface area (Å²) in [7, 11) is -4.17. The lowest BCUT2D eigenvalue weighted by atomic mass is 10.0. The Kier molecular flexibility index (Phi) is 3.89. The van der Waals surface area contributed by atoms with Crippen LogP contribution < -0.4 is 5.73 Å². The summed E-state index contributed by atoms with van der Waals surface area (Å²) in [5, 5.41) is 0. The van der Waals surface area contributed by atoms with Gasteiger partial charge in [-0.05, 0) is 31.9 Å². The number of hydrogen-bond acceptors (Lipinski definition) is 3. The molecule has 0 bridgehead atoms. The van der Waals surface area contributed by atoms with Gasteiger partial charge in [0.25, 0.3) is 0 Å². The molecule has 0 aromatic heterocycles. The van der Waals surface area contributed by atoms with Gasteiger partial charge in [0, 0.05) is 18.6 Å². The minimum absolute atomic E-state index is 0.0769. The lowest BCUT2D eigenvalue weighted by Crippen LogP contribution is -2.48. The summed E-state index contributed by atoms with van der Waals surface area (Å²) in [6.45, 7) is 1.87. The quantitative estimate of drug-likeness (QED) is 0.897. The summed E-state index contributed by atoms with van der Waals surface area (Å²) in [5.41, 5.74) is 5.76. The van der Waals surface area contributed by atoms with Crippen LogP contribution in [-0.4, -0.2) is 31.4 Å². The fourth-order valence-corrected chi connectivity index (χ4v) is 4.16. The number of nitrogens with two attached hydrogens (primary N) is 1. The number of halogens is 2. The minimum atomic E-state index is -4.17. The Balaban J connectivity index is 2.43. The molecule has 1 aliphatic rings. The maximum atomic E-state index is 13.6. The van der Waals surface area contributed by atoms with Crippen LogP contribution in [0.15, 0.2) is 23.1 Å². The normalized spacial score (nSPS) is 25.5. The van der Waals surface area contributed by atoms with Crippen molar-refractivity contribution in [2.24, 2.45) is 5.73 Å². The summed E-state index contributed by atoms with van der Waals surface area (Å²) in [4.78, 5) is -0.877. The van der Waals surface area contributed by atoms with Crippen LogP contribution in [0.1, 0.15) is 19.8 Å². The van der Waals surface area contributed by atoms with Gasteiger partial charge < -0.3 is 5.73 Å². The summed E-state index contributed by atoms with van der Waals surface area (Å²) < 4.78 is 53.1. The average molecular weight is 290 g/mol. The van der Waals surface area contributed by atoms with E-state index in [-0.39, 0.29) is 18.6 Å². The molecule has 0 radical (unpaired) electrons. The van der Waals surface area contributed by atoms with Crippen molar-refractivity contribution < 1.29 is 17.2 Å². The predicted molar refractivity (Wildman–Crippen MR) is 66.9 cm³/mol. The molecular formula is C12H16F2N2O2S. The Hall–Kier alpha value is -1.05. The van der Waals surface area contributed by atoms with E-state index in [0.717, 1.165) is 22.5 Å². The predicted octanol–water partition coefficient (Wildman–Crippen LogP) is 1.47. The number of nitrogens with zero attached hydrogens (tertiary/aromatic N) is 1. The molecule has 1 fully saturated rings. The molecule has 0 amide bonds. The van der Waals surface area contributed by atoms with Gasteiger partial charge in [0.15, 0.2) is 4.90 Å². The first-order valence-electron chi connectivity index (χ1n) is 6.05. The van der Waals surface area contributed by atoms with Crippen molar-refractivity contribution in [3.63, 3.8) is 0 Å². The molecule has 1 heterocycles. The molecule has 7 heteroatoms. The number of sulfonamides is 1. The van der Waals surface area contributed by atoms with Gasteiger partial charge in [0.2, 0.25) is 10.0 Å². The highest BCUT2D eigenvalue weighted by Gasteiger charge is 2.36. The highest BCUT2D eigenvalue weighted by molar-refractivity contribution is 7.89. The van der Waals surface area contributed by atoms with Crippen LogP contribution in [-0.2, 0) is 10.0 Å². The van der Waals surface area contributed by atoms with Crippen LogP contribution in [0.25, 0.3) is 0 Å². The van der Waals surface area contributed by atoms with E-state index in [1.165, 1.54) is 0 Å². The standard InChI is InChI=1S/C12H16F2N2O2S/c1-8-7-9(15)5-6-16(8)19(17,18)12-10(13)3-2-4-11(12)14/h2-4,8-9H,5-7,15H2,1H3. The van der Waals surface area contributed by atoms with E-state index in [4.69, 9.17) is 5.73 Å². The lowest BCUT2D eigenvalue weighted by molar-refractivity contribution is 0.246. The van der Waals surface area contributed by atoms with Crippen molar-refractivity contribution in [2.75, 3.05) is 6.54 Å². The third kappa shape index (κ3) is 2.63. The molecule has 1 aromatic carbocycles. The van der Waals surface area contributed by atoms with E-state index in [1.54, 1.807) is 6.92 Å². The molecule has 2 unspecified atom stereocenters. The fourth-order valence-electron chi connectivity index (χ4n) is 2.39. The Morgan fingerprint density at radius 1 is 1.32 bits per heavy atom. The number of benzene rings is 1. The zero-order valence-corrected chi connectivity index (χ0v) is 11.3. The molecule has 4 nitrogen and oxygen atoms in total. The van der Waals surface area contributed by atoms with Crippen molar-refractivity contribution in [3.8, 4) is 0 Å². The van der Waals surface area contributed by atoms with E-state index >= 15 is 0 Å². The second-order valence-electron chi connectivity index (χ2n) is 4.80. The summed E-state index contributed by atoms with van der Waals surface area (Å²) >= 11 is 0. The van der Waals surface area contributed by atoms with Gasteiger partial charge in [-0.15, -0.1) is 0 Å². The number of hydrogen-bond donors (Lipinski definition) is 1. The van der Waals surface area contributed by atoms with Crippen molar-refractivity contribution in [1.29, 1.82) is 0 Å². The SMILES string of the molecule is CC1CC(N)CCN1S(=O)(=O)c1c(F)cccc1F. The third-order valence-electron chi connectivity index (χ3n) is 3.34. The van der Waals surface area contributed by atoms with Crippen LogP contribution in [0.2, 0.25) is 0 Å². The van der Waals surface area contributed by atoms with Gasteiger partial charge in [0.1, 0.15) is 11.6 Å². The molecular weight excluding hydrogens is 274 g/mol. The maximum absolute atomic E-state index is 13.6. The smallest absolute Gasteiger partial charge is 0.249 e. The second kappa shape index (κ2) is 5.15. The molecule has 2 atom stereocenters. The topological polar surface area (TPSA) is 63.4 Å². The van der Waals surface area contributed by atoms with Gasteiger partial charge in [0.05, 0.1) is 0 Å². The first-order chi connectivity index (χ1) is 8.84. The van der Waals surface area contributed by atoms with Crippen LogP contribution in [0.5, 0.6) is 0 Å². The monoisotopic (exact) mass is 290 g/mol. The van der Waals surface area contributed by atoms with Crippen molar-refractivity contribution in [1.82, 2.24) is 4.31 Å². The molecule has 0 aliphatic carbocycles. The Morgan fingerprint density at radius 2 is 1.89 bits per heavy atom. The zero-order valence-electron chi connectivity index (χ0n) is 10.5. The second-order valence-corrected chi connectivity index (χ2v) is 6.63. The van der Waals surface area contributed by atoms with Crippen molar-refractivity contribution in [2.45, 2.75) is 36.7 Å². The Bertz CT molecular complexity index is 557. The summed E-state index contributed by atoms with van der Waals surface area (Å²) in [6.07, 6.45) is 0.967. The van der Waals surface area contributed by atoms with Crippen LogP contribution >= 0.6 is 0 Å². The largest absolute Gasteiger partial charge is 0.328 e. The van der Waals surface area contributed by atoms with Crippen molar-refractivity contribution in [3.05, 3.63) is 29.8 Å². The molecule has 106 valence electrons. The highest BCUT2D eigenvalue weighted by atomic mass is 32.2. The third-order valence-corrected chi connectivity index (χ3v) is 5.41. The van der Waals surface area contributed by atoms with Gasteiger partial charge in [-0.3, -0.25) is 0 Å². The molecule has 19 heavy (non-hydrogen) atoms. The van der Waals surface area contributed by atoms with Gasteiger partial charge >= 0.3 is 0 Å². The summed E-state index contributed by atoms with van der Waals surface area (Å²) in [5.74, 6) is -2.14. The van der Waals surface area contributed by atoms with Gasteiger partial charge in [-0.25, -0.2) is 17.2 Å². The Morgan fingerprint density at radius 3 is 2.42 bits per heavy atom. The maximum Gasteiger partial charge on any atom is 0.249 e. The lowest BCUT2D eigenvalue weighted by Gasteiger charge is -2.35. The molecule has 1 saturated heterocycles. The molecule has 2 rings (SSSR count). The van der Waals surface area contributed by atoms with Crippen LogP contribution in [0.4, 0.5) is 8.78 Å². The van der Waals surface area contributed by atoms with Crippen LogP contribution in [0, 0.1) is 11.6 Å². The van der Waals surface area contributed by atoms with Gasteiger partial charge in [-0.2, -0.15) is 4.31 Å². The van der Waals surface area contributed by atoms with E-state index in [0.29, 0.717) is 12.8 Å². The zero-order chi connectivity index (χ0) is 14.2. The summed E-state index contributed by atoms with van der Waals surface area (Å²) in [6, 6.07) is 2.57. The number of rotatable bonds is 2. The molecule has 1 aliphatic heterocycles. The molecule has 1 aromatic rings. The highest BCUT2D eigenvalue weighted by Crippen LogP contribution is 2.27. The first-order valence-corrected chi connectivity index (χ1v) is 7.49. The minimum Gasteiger partial charge on any atom is -0.328 e. The van der Waals surface area contributed by atoms with Gasteiger partial charge in [-0.1, -0.05) is 6.07 Å². The van der Waals surface area contributed by atoms with E-state index in [9.17, 15) is 17.2 Å². The first kappa shape index (κ1) is 14.4. The van der Waals surface area contributed by atoms with Crippen molar-refractivity contribution >= 4 is 10.0 Å². The Labute approximate surface area is 111 Å². The number of piperidine rings is 1. The average Bonchev–Trinajstić information content (AvgIpc) is 2.27. The van der Waals surface area contributed by atoms with E-state index in [1.807, 2.05) is 0 Å². The van der Waals surface area contributed by atoms with E-state index < -0.39 is 26.6 Å².